The van der Waals surface area contributed by atoms with Crippen LogP contribution < -0.4 is 10.1 Å². The van der Waals surface area contributed by atoms with Crippen molar-refractivity contribution < 1.29 is 19.3 Å². The fourth-order valence-electron chi connectivity index (χ4n) is 2.22. The maximum atomic E-state index is 11.9. The first-order chi connectivity index (χ1) is 13.1. The normalized spacial score (nSPS) is 10.9. The van der Waals surface area contributed by atoms with Gasteiger partial charge in [0.05, 0.1) is 34.0 Å². The predicted octanol–water partition coefficient (Wildman–Crippen LogP) is 3.35. The molecule has 1 aromatic heterocycles. The molecule has 27 heavy (non-hydrogen) atoms. The number of hydrogen-bond acceptors (Lipinski definition) is 8. The first kappa shape index (κ1) is 18.3. The number of nitro groups is 1. The average molecular weight is 386 g/mol. The number of amides is 1. The molecule has 138 valence electrons. The molecular formula is C17H14N4O5S. The van der Waals surface area contributed by atoms with E-state index in [2.05, 4.69) is 15.5 Å². The molecule has 0 bridgehead atoms. The SMILES string of the molecule is COc1cc([N+](=O)[O-])ccc1NC(=O)/C=N\OCc1nc2ccccc2s1. The highest BCUT2D eigenvalue weighted by Gasteiger charge is 2.12. The average Bonchev–Trinajstić information content (AvgIpc) is 3.08. The highest BCUT2D eigenvalue weighted by Crippen LogP contribution is 2.28. The lowest BCUT2D eigenvalue weighted by molar-refractivity contribution is -0.384. The Balaban J connectivity index is 1.56. The second kappa shape index (κ2) is 8.23. The lowest BCUT2D eigenvalue weighted by Gasteiger charge is -2.08. The number of carbonyl (C=O) groups excluding carboxylic acids is 1. The van der Waals surface area contributed by atoms with Crippen LogP contribution in [-0.4, -0.2) is 29.1 Å². The Hall–Kier alpha value is -3.53. The molecule has 0 aliphatic carbocycles. The number of thiazole rings is 1. The lowest BCUT2D eigenvalue weighted by atomic mass is 10.2. The van der Waals surface area contributed by atoms with Crippen molar-refractivity contribution in [2.24, 2.45) is 5.16 Å². The number of nitrogens with zero attached hydrogens (tertiary/aromatic N) is 3. The molecule has 0 saturated carbocycles. The zero-order chi connectivity index (χ0) is 19.2. The lowest BCUT2D eigenvalue weighted by Crippen LogP contribution is -2.13. The molecule has 0 atom stereocenters. The molecule has 0 unspecified atom stereocenters. The Morgan fingerprint density at radius 1 is 1.37 bits per heavy atom. The summed E-state index contributed by atoms with van der Waals surface area (Å²) in [7, 11) is 1.35. The number of non-ortho nitro benzene ring substituents is 1. The second-order valence-corrected chi connectivity index (χ2v) is 6.33. The summed E-state index contributed by atoms with van der Waals surface area (Å²) in [6.45, 7) is 0.143. The topological polar surface area (TPSA) is 116 Å². The van der Waals surface area contributed by atoms with Crippen LogP contribution in [0.1, 0.15) is 5.01 Å². The van der Waals surface area contributed by atoms with Crippen LogP contribution in [0.5, 0.6) is 5.75 Å². The number of aromatic nitrogens is 1. The van der Waals surface area contributed by atoms with Crippen LogP contribution in [0.25, 0.3) is 10.2 Å². The molecule has 0 radical (unpaired) electrons. The molecular weight excluding hydrogens is 372 g/mol. The fraction of sp³-hybridized carbons (Fsp3) is 0.118. The minimum Gasteiger partial charge on any atom is -0.494 e. The summed E-state index contributed by atoms with van der Waals surface area (Å²) < 4.78 is 6.09. The summed E-state index contributed by atoms with van der Waals surface area (Å²) in [6, 6.07) is 11.6. The van der Waals surface area contributed by atoms with E-state index in [1.807, 2.05) is 24.3 Å². The van der Waals surface area contributed by atoms with Crippen molar-refractivity contribution in [1.29, 1.82) is 0 Å². The molecule has 0 fully saturated rings. The zero-order valence-electron chi connectivity index (χ0n) is 14.1. The number of para-hydroxylation sites is 1. The highest BCUT2D eigenvalue weighted by atomic mass is 32.1. The highest BCUT2D eigenvalue weighted by molar-refractivity contribution is 7.18. The molecule has 1 N–H and O–H groups in total. The number of methoxy groups -OCH3 is 1. The number of nitro benzene ring substituents is 1. The van der Waals surface area contributed by atoms with Gasteiger partial charge in [-0.3, -0.25) is 14.9 Å². The van der Waals surface area contributed by atoms with Gasteiger partial charge in [-0.25, -0.2) is 4.98 Å². The number of anilines is 1. The van der Waals surface area contributed by atoms with Gasteiger partial charge in [0.1, 0.15) is 17.0 Å². The number of ether oxygens (including phenoxy) is 1. The number of benzene rings is 2. The Labute approximate surface area is 157 Å². The van der Waals surface area contributed by atoms with E-state index >= 15 is 0 Å². The smallest absolute Gasteiger partial charge is 0.273 e. The van der Waals surface area contributed by atoms with Crippen molar-refractivity contribution >= 4 is 45.0 Å². The largest absolute Gasteiger partial charge is 0.494 e. The van der Waals surface area contributed by atoms with E-state index in [0.29, 0.717) is 0 Å². The van der Waals surface area contributed by atoms with Crippen LogP contribution in [0.15, 0.2) is 47.6 Å². The van der Waals surface area contributed by atoms with E-state index in [4.69, 9.17) is 9.57 Å². The molecule has 0 aliphatic heterocycles. The van der Waals surface area contributed by atoms with Crippen LogP contribution in [0, 0.1) is 10.1 Å². The van der Waals surface area contributed by atoms with Gasteiger partial charge in [-0.15, -0.1) is 11.3 Å². The Morgan fingerprint density at radius 2 is 2.19 bits per heavy atom. The predicted molar refractivity (Wildman–Crippen MR) is 101 cm³/mol. The monoisotopic (exact) mass is 386 g/mol. The van der Waals surface area contributed by atoms with Crippen molar-refractivity contribution in [2.75, 3.05) is 12.4 Å². The van der Waals surface area contributed by atoms with Crippen molar-refractivity contribution in [1.82, 2.24) is 4.98 Å². The van der Waals surface area contributed by atoms with E-state index in [9.17, 15) is 14.9 Å². The van der Waals surface area contributed by atoms with Crippen molar-refractivity contribution in [2.45, 2.75) is 6.61 Å². The van der Waals surface area contributed by atoms with E-state index in [1.165, 1.54) is 36.6 Å². The number of hydrogen-bond donors (Lipinski definition) is 1. The zero-order valence-corrected chi connectivity index (χ0v) is 14.9. The second-order valence-electron chi connectivity index (χ2n) is 5.21. The summed E-state index contributed by atoms with van der Waals surface area (Å²) in [4.78, 5) is 31.6. The molecule has 1 heterocycles. The number of oxime groups is 1. The van der Waals surface area contributed by atoms with Crippen molar-refractivity contribution in [3.05, 3.63) is 57.6 Å². The maximum absolute atomic E-state index is 11.9. The molecule has 10 heteroatoms. The van der Waals surface area contributed by atoms with Gasteiger partial charge in [0.25, 0.3) is 11.6 Å². The van der Waals surface area contributed by atoms with Crippen LogP contribution in [-0.2, 0) is 16.2 Å². The van der Waals surface area contributed by atoms with Gasteiger partial charge in [-0.05, 0) is 18.2 Å². The molecule has 0 spiro atoms. The first-order valence-electron chi connectivity index (χ1n) is 7.70. The summed E-state index contributed by atoms with van der Waals surface area (Å²) in [5.41, 5.74) is 1.02. The third-order valence-electron chi connectivity index (χ3n) is 3.42. The van der Waals surface area contributed by atoms with Gasteiger partial charge in [0.15, 0.2) is 6.61 Å². The maximum Gasteiger partial charge on any atom is 0.273 e. The van der Waals surface area contributed by atoms with Crippen LogP contribution in [0.3, 0.4) is 0 Å². The van der Waals surface area contributed by atoms with Gasteiger partial charge in [-0.2, -0.15) is 0 Å². The summed E-state index contributed by atoms with van der Waals surface area (Å²) >= 11 is 1.49. The summed E-state index contributed by atoms with van der Waals surface area (Å²) in [5.74, 6) is -0.396. The molecule has 3 rings (SSSR count). The third-order valence-corrected chi connectivity index (χ3v) is 4.43. The Morgan fingerprint density at radius 3 is 2.93 bits per heavy atom. The fourth-order valence-corrected chi connectivity index (χ4v) is 3.10. The van der Waals surface area contributed by atoms with Crippen LogP contribution in [0.2, 0.25) is 0 Å². The Kier molecular flexibility index (Phi) is 5.57. The van der Waals surface area contributed by atoms with E-state index < -0.39 is 10.8 Å². The van der Waals surface area contributed by atoms with Crippen LogP contribution in [0.4, 0.5) is 11.4 Å². The van der Waals surface area contributed by atoms with Gasteiger partial charge >= 0.3 is 0 Å². The number of carbonyl (C=O) groups is 1. The quantitative estimate of drug-likeness (QED) is 0.378. The number of nitrogens with one attached hydrogen (secondary N) is 1. The molecule has 1 amide bonds. The number of fused-ring (bicyclic) bond motifs is 1. The molecule has 9 nitrogen and oxygen atoms in total. The van der Waals surface area contributed by atoms with Gasteiger partial charge < -0.3 is 14.9 Å². The summed E-state index contributed by atoms with van der Waals surface area (Å²) in [5, 5.41) is 17.6. The summed E-state index contributed by atoms with van der Waals surface area (Å²) in [6.07, 6.45) is 0.966. The van der Waals surface area contributed by atoms with E-state index in [0.717, 1.165) is 21.4 Å². The van der Waals surface area contributed by atoms with Gasteiger partial charge in [0, 0.05) is 6.07 Å². The molecule has 2 aromatic carbocycles. The first-order valence-corrected chi connectivity index (χ1v) is 8.51. The van der Waals surface area contributed by atoms with Gasteiger partial charge in [0.2, 0.25) is 0 Å². The van der Waals surface area contributed by atoms with Gasteiger partial charge in [-0.1, -0.05) is 17.3 Å². The van der Waals surface area contributed by atoms with E-state index in [-0.39, 0.29) is 23.7 Å². The Bertz CT molecular complexity index is 984. The minimum atomic E-state index is -0.563. The third kappa shape index (κ3) is 4.55. The van der Waals surface area contributed by atoms with Crippen LogP contribution >= 0.6 is 11.3 Å². The molecule has 0 saturated heterocycles. The minimum absolute atomic E-state index is 0.141. The van der Waals surface area contributed by atoms with Crippen molar-refractivity contribution in [3.8, 4) is 5.75 Å². The van der Waals surface area contributed by atoms with Crippen molar-refractivity contribution in [3.63, 3.8) is 0 Å². The molecule has 3 aromatic rings. The molecule has 0 aliphatic rings. The standard InChI is InChI=1S/C17H14N4O5S/c1-25-14-8-11(21(23)24)6-7-12(14)19-16(22)9-18-26-10-17-20-13-4-2-3-5-15(13)27-17/h2-9H,10H2,1H3,(H,19,22)/b18-9-. The number of rotatable bonds is 7. The van der Waals surface area contributed by atoms with E-state index in [1.54, 1.807) is 0 Å².